The number of rotatable bonds is 6. The van der Waals surface area contributed by atoms with Crippen molar-refractivity contribution in [1.29, 1.82) is 0 Å². The predicted molar refractivity (Wildman–Crippen MR) is 124 cm³/mol. The van der Waals surface area contributed by atoms with Crippen LogP contribution in [-0.4, -0.2) is 35.7 Å². The van der Waals surface area contributed by atoms with Gasteiger partial charge in [0.2, 0.25) is 0 Å². The van der Waals surface area contributed by atoms with Gasteiger partial charge in [-0.2, -0.15) is 0 Å². The first-order valence-corrected chi connectivity index (χ1v) is 17.5. The van der Waals surface area contributed by atoms with E-state index >= 15 is 0 Å². The van der Waals surface area contributed by atoms with Crippen molar-refractivity contribution < 1.29 is 16.5 Å². The van der Waals surface area contributed by atoms with Crippen LogP contribution in [0.15, 0.2) is 86.0 Å². The van der Waals surface area contributed by atoms with Crippen LogP contribution in [0.4, 0.5) is 0 Å². The van der Waals surface area contributed by atoms with Crippen LogP contribution in [-0.2, 0) is 16.5 Å². The van der Waals surface area contributed by atoms with Crippen molar-refractivity contribution in [3.8, 4) is 0 Å². The van der Waals surface area contributed by atoms with Crippen LogP contribution >= 0.6 is 0 Å². The van der Waals surface area contributed by atoms with Crippen molar-refractivity contribution in [3.05, 3.63) is 86.0 Å². The highest BCUT2D eigenvalue weighted by molar-refractivity contribution is 7.00. The molecule has 1 saturated heterocycles. The van der Waals surface area contributed by atoms with Crippen molar-refractivity contribution in [1.82, 2.24) is 0 Å². The van der Waals surface area contributed by atoms with E-state index in [1.165, 1.54) is 0 Å². The molecule has 2 aromatic rings. The van der Waals surface area contributed by atoms with E-state index in [9.17, 15) is 0 Å². The van der Waals surface area contributed by atoms with Crippen LogP contribution in [0.2, 0.25) is 25.2 Å². The Morgan fingerprint density at radius 3 is 1.75 bits per heavy atom. The molecule has 0 aromatic heterocycles. The third-order valence-electron chi connectivity index (χ3n) is 4.62. The van der Waals surface area contributed by atoms with E-state index in [-0.39, 0.29) is 0 Å². The Hall–Kier alpha value is -1.37. The van der Waals surface area contributed by atoms with Gasteiger partial charge in [-0.1, -0.05) is 72.8 Å². The molecule has 28 heavy (non-hydrogen) atoms. The maximum Gasteiger partial charge on any atom is 0.389 e. The maximum absolute atomic E-state index is 6.94. The van der Waals surface area contributed by atoms with Crippen molar-refractivity contribution in [2.75, 3.05) is 0 Å². The third-order valence-corrected chi connectivity index (χ3v) is 19.9. The summed E-state index contributed by atoms with van der Waals surface area (Å²) in [5, 5.41) is 2.17. The lowest BCUT2D eigenvalue weighted by Gasteiger charge is -2.45. The second kappa shape index (κ2) is 8.97. The highest BCUT2D eigenvalue weighted by Gasteiger charge is 2.53. The van der Waals surface area contributed by atoms with Gasteiger partial charge in [0.1, 0.15) is 0 Å². The second-order valence-corrected chi connectivity index (χ2v) is 19.3. The molecule has 3 rings (SSSR count). The zero-order valence-electron chi connectivity index (χ0n) is 16.6. The van der Waals surface area contributed by atoms with Gasteiger partial charge in [0.15, 0.2) is 0 Å². The molecule has 1 fully saturated rings. The molecule has 0 N–H and O–H groups in total. The van der Waals surface area contributed by atoms with Gasteiger partial charge < -0.3 is 16.5 Å². The van der Waals surface area contributed by atoms with Gasteiger partial charge >= 0.3 is 25.7 Å². The molecule has 148 valence electrons. The molecule has 0 atom stereocenters. The summed E-state index contributed by atoms with van der Waals surface area (Å²) >= 11 is 0. The fourth-order valence-corrected chi connectivity index (χ4v) is 20.8. The smallest absolute Gasteiger partial charge is 0.389 e. The molecule has 1 heterocycles. The summed E-state index contributed by atoms with van der Waals surface area (Å²) in [5.41, 5.74) is 0. The van der Waals surface area contributed by atoms with Gasteiger partial charge in [-0.05, 0) is 23.5 Å². The average molecular weight is 445 g/mol. The zero-order chi connectivity index (χ0) is 20.1. The van der Waals surface area contributed by atoms with Gasteiger partial charge in [0, 0.05) is 12.1 Å². The first kappa shape index (κ1) is 21.3. The van der Waals surface area contributed by atoms with E-state index in [1.807, 2.05) is 48.6 Å². The van der Waals surface area contributed by atoms with Crippen LogP contribution < -0.4 is 10.4 Å². The topological polar surface area (TPSA) is 36.9 Å². The van der Waals surface area contributed by atoms with Gasteiger partial charge in [-0.3, -0.25) is 0 Å². The van der Waals surface area contributed by atoms with Crippen molar-refractivity contribution in [2.24, 2.45) is 0 Å². The molecule has 0 radical (unpaired) electrons. The standard InChI is InChI=1S/C20H28O4Si4/c1-5-17-27(18-6-2)21-25-22-28(24-26(3,4)23-27,19-13-9-7-10-14-19)20-15-11-8-12-16-20/h5-16H,1-2,17-18,25H2,3-4H3. The Morgan fingerprint density at radius 1 is 0.786 bits per heavy atom. The average Bonchev–Trinajstić information content (AvgIpc) is 2.67. The summed E-state index contributed by atoms with van der Waals surface area (Å²) in [6.45, 7) is 12.0. The minimum Gasteiger partial charge on any atom is -0.420 e. The lowest BCUT2D eigenvalue weighted by atomic mass is 10.4. The molecular formula is C20H28O4Si4. The summed E-state index contributed by atoms with van der Waals surface area (Å²) in [6, 6.07) is 22.0. The van der Waals surface area contributed by atoms with E-state index < -0.39 is 35.7 Å². The normalized spacial score (nSPS) is 21.4. The van der Waals surface area contributed by atoms with E-state index in [4.69, 9.17) is 16.5 Å². The monoisotopic (exact) mass is 444 g/mol. The Kier molecular flexibility index (Phi) is 6.84. The fraction of sp³-hybridized carbons (Fsp3) is 0.200. The van der Waals surface area contributed by atoms with Gasteiger partial charge in [-0.25, -0.2) is 0 Å². The first-order valence-electron chi connectivity index (χ1n) is 9.46. The van der Waals surface area contributed by atoms with Crippen LogP contribution in [0.1, 0.15) is 0 Å². The number of allylic oxidation sites excluding steroid dienone is 2. The quantitative estimate of drug-likeness (QED) is 0.507. The van der Waals surface area contributed by atoms with Crippen molar-refractivity contribution in [2.45, 2.75) is 25.2 Å². The maximum atomic E-state index is 6.94. The summed E-state index contributed by atoms with van der Waals surface area (Å²) < 4.78 is 26.8. The van der Waals surface area contributed by atoms with Gasteiger partial charge in [0.25, 0.3) is 10.0 Å². The predicted octanol–water partition coefficient (Wildman–Crippen LogP) is 2.84. The van der Waals surface area contributed by atoms with E-state index in [2.05, 4.69) is 50.5 Å². The first-order chi connectivity index (χ1) is 13.5. The molecule has 0 unspecified atom stereocenters. The van der Waals surface area contributed by atoms with Crippen LogP contribution in [0.5, 0.6) is 0 Å². The molecule has 2 aromatic carbocycles. The fourth-order valence-electron chi connectivity index (χ4n) is 3.58. The summed E-state index contributed by atoms with van der Waals surface area (Å²) in [6.07, 6.45) is 3.77. The van der Waals surface area contributed by atoms with Crippen LogP contribution in [0.3, 0.4) is 0 Å². The van der Waals surface area contributed by atoms with Crippen LogP contribution in [0.25, 0.3) is 0 Å². The molecule has 0 aliphatic carbocycles. The largest absolute Gasteiger partial charge is 0.420 e. The molecule has 4 nitrogen and oxygen atoms in total. The highest BCUT2D eigenvalue weighted by Crippen LogP contribution is 2.30. The van der Waals surface area contributed by atoms with Crippen molar-refractivity contribution in [3.63, 3.8) is 0 Å². The number of hydrogen-bond donors (Lipinski definition) is 0. The molecular weight excluding hydrogens is 417 g/mol. The molecule has 8 heteroatoms. The minimum atomic E-state index is -2.92. The van der Waals surface area contributed by atoms with Crippen LogP contribution in [0, 0.1) is 0 Å². The molecule has 0 saturated carbocycles. The minimum absolute atomic E-state index is 0.709. The molecule has 1 aliphatic heterocycles. The Bertz CT molecular complexity index is 749. The molecule has 0 amide bonds. The lowest BCUT2D eigenvalue weighted by Crippen LogP contribution is -2.71. The van der Waals surface area contributed by atoms with E-state index in [0.29, 0.717) is 12.1 Å². The summed E-state index contributed by atoms with van der Waals surface area (Å²) in [4.78, 5) is 0. The highest BCUT2D eigenvalue weighted by atomic mass is 28.5. The number of benzene rings is 2. The zero-order valence-corrected chi connectivity index (χ0v) is 21.0. The Balaban J connectivity index is 2.07. The Morgan fingerprint density at radius 2 is 1.29 bits per heavy atom. The SMILES string of the molecule is C=CC[Si]1(CC=C)O[SiH2]O[Si](c2ccccc2)(c2ccccc2)O[Si](C)(C)O1. The van der Waals surface area contributed by atoms with Gasteiger partial charge in [0.05, 0.1) is 0 Å². The molecule has 1 aliphatic rings. The van der Waals surface area contributed by atoms with E-state index in [0.717, 1.165) is 10.4 Å². The molecule has 0 spiro atoms. The van der Waals surface area contributed by atoms with E-state index in [1.54, 1.807) is 0 Å². The Labute approximate surface area is 173 Å². The molecule has 0 bridgehead atoms. The van der Waals surface area contributed by atoms with Crippen molar-refractivity contribution >= 4 is 46.1 Å². The lowest BCUT2D eigenvalue weighted by molar-refractivity contribution is 0.264. The summed E-state index contributed by atoms with van der Waals surface area (Å²) in [7, 11) is -9.34. The second-order valence-electron chi connectivity index (χ2n) is 7.26. The van der Waals surface area contributed by atoms with Gasteiger partial charge in [-0.15, -0.1) is 13.2 Å². The summed E-state index contributed by atoms with van der Waals surface area (Å²) in [5.74, 6) is 0. The third kappa shape index (κ3) is 4.61. The number of hydrogen-bond acceptors (Lipinski definition) is 4.